The molecule has 0 saturated carbocycles. The molecule has 1 unspecified atom stereocenters. The Balaban J connectivity index is 2.31. The molecular weight excluding hydrogens is 134 g/mol. The molecule has 0 aromatic carbocycles. The maximum Gasteiger partial charge on any atom is 0.0715 e. The molecular formula is C6H11NOS. The fourth-order valence-corrected chi connectivity index (χ4v) is 1.27. The highest BCUT2D eigenvalue weighted by molar-refractivity contribution is 7.78. The zero-order chi connectivity index (χ0) is 6.69. The first-order valence-electron chi connectivity index (χ1n) is 3.20. The van der Waals surface area contributed by atoms with Crippen molar-refractivity contribution < 1.29 is 5.11 Å². The molecule has 3 heteroatoms. The molecule has 0 radical (unpaired) electrons. The Morgan fingerprint density at radius 2 is 2.44 bits per heavy atom. The summed E-state index contributed by atoms with van der Waals surface area (Å²) in [6.07, 6.45) is 1.84. The number of hydrogen-bond donors (Lipinski definition) is 1. The Bertz CT molecular complexity index is 107. The maximum absolute atomic E-state index is 9.10. The first-order valence-corrected chi connectivity index (χ1v) is 3.67. The number of hydrogen-bond acceptors (Lipinski definition) is 2. The molecule has 1 rings (SSSR count). The van der Waals surface area contributed by atoms with Crippen LogP contribution < -0.4 is 0 Å². The Morgan fingerprint density at radius 3 is 2.89 bits per heavy atom. The van der Waals surface area contributed by atoms with E-state index in [1.54, 1.807) is 5.49 Å². The van der Waals surface area contributed by atoms with Gasteiger partial charge in [0.1, 0.15) is 0 Å². The average molecular weight is 145 g/mol. The van der Waals surface area contributed by atoms with E-state index in [9.17, 15) is 0 Å². The van der Waals surface area contributed by atoms with Gasteiger partial charge in [-0.2, -0.15) is 0 Å². The van der Waals surface area contributed by atoms with Gasteiger partial charge in [0, 0.05) is 13.1 Å². The van der Waals surface area contributed by atoms with Gasteiger partial charge in [0.05, 0.1) is 11.6 Å². The highest BCUT2D eigenvalue weighted by atomic mass is 32.1. The summed E-state index contributed by atoms with van der Waals surface area (Å²) >= 11 is 4.71. The minimum atomic E-state index is -0.155. The summed E-state index contributed by atoms with van der Waals surface area (Å²) in [5.74, 6) is 0. The quantitative estimate of drug-likeness (QED) is 0.540. The normalized spacial score (nSPS) is 28.1. The standard InChI is InChI=1S/C6H11NOS/c8-6-2-1-3-7(4-6)5-9/h5-6,8H,1-4H2. The van der Waals surface area contributed by atoms with Gasteiger partial charge >= 0.3 is 0 Å². The molecule has 1 saturated heterocycles. The molecule has 0 aromatic heterocycles. The van der Waals surface area contributed by atoms with E-state index in [0.717, 1.165) is 25.9 Å². The fourth-order valence-electron chi connectivity index (χ4n) is 1.08. The summed E-state index contributed by atoms with van der Waals surface area (Å²) in [5, 5.41) is 9.10. The van der Waals surface area contributed by atoms with Gasteiger partial charge in [-0.15, -0.1) is 0 Å². The van der Waals surface area contributed by atoms with Crippen LogP contribution in [0.5, 0.6) is 0 Å². The van der Waals surface area contributed by atoms with E-state index in [-0.39, 0.29) is 6.10 Å². The molecule has 2 nitrogen and oxygen atoms in total. The topological polar surface area (TPSA) is 23.5 Å². The van der Waals surface area contributed by atoms with E-state index in [2.05, 4.69) is 0 Å². The van der Waals surface area contributed by atoms with Crippen molar-refractivity contribution in [3.05, 3.63) is 0 Å². The monoisotopic (exact) mass is 145 g/mol. The van der Waals surface area contributed by atoms with Crippen molar-refractivity contribution in [2.75, 3.05) is 13.1 Å². The van der Waals surface area contributed by atoms with Gasteiger partial charge in [0.25, 0.3) is 0 Å². The Hall–Kier alpha value is -0.150. The first kappa shape index (κ1) is 6.96. The number of rotatable bonds is 1. The number of aliphatic hydroxyl groups excluding tert-OH is 1. The number of nitrogens with zero attached hydrogens (tertiary/aromatic N) is 1. The Labute approximate surface area is 60.5 Å². The predicted molar refractivity (Wildman–Crippen MR) is 40.5 cm³/mol. The number of aliphatic hydroxyl groups is 1. The first-order chi connectivity index (χ1) is 4.33. The summed E-state index contributed by atoms with van der Waals surface area (Å²) in [6.45, 7) is 1.74. The number of piperidine rings is 1. The van der Waals surface area contributed by atoms with Gasteiger partial charge in [-0.3, -0.25) is 0 Å². The van der Waals surface area contributed by atoms with Gasteiger partial charge in [0.15, 0.2) is 0 Å². The fraction of sp³-hybridized carbons (Fsp3) is 0.833. The SMILES string of the molecule is OC1CCCN(C=S)C1. The van der Waals surface area contributed by atoms with E-state index >= 15 is 0 Å². The van der Waals surface area contributed by atoms with Crippen LogP contribution in [0.1, 0.15) is 12.8 Å². The molecule has 0 bridgehead atoms. The van der Waals surface area contributed by atoms with Crippen molar-refractivity contribution >= 4 is 17.7 Å². The Kier molecular flexibility index (Phi) is 2.42. The van der Waals surface area contributed by atoms with Gasteiger partial charge in [-0.25, -0.2) is 0 Å². The minimum Gasteiger partial charge on any atom is -0.391 e. The van der Waals surface area contributed by atoms with Crippen molar-refractivity contribution in [2.45, 2.75) is 18.9 Å². The molecule has 0 spiro atoms. The molecule has 1 aliphatic heterocycles. The van der Waals surface area contributed by atoms with Crippen molar-refractivity contribution in [2.24, 2.45) is 0 Å². The Morgan fingerprint density at radius 1 is 1.67 bits per heavy atom. The van der Waals surface area contributed by atoms with Gasteiger partial charge in [-0.1, -0.05) is 12.2 Å². The highest BCUT2D eigenvalue weighted by Crippen LogP contribution is 2.07. The number of likely N-dealkylation sites (tertiary alicyclic amines) is 1. The van der Waals surface area contributed by atoms with Crippen LogP contribution in [0.15, 0.2) is 0 Å². The molecule has 1 atom stereocenters. The van der Waals surface area contributed by atoms with Crippen LogP contribution in [0.2, 0.25) is 0 Å². The van der Waals surface area contributed by atoms with Crippen molar-refractivity contribution in [3.63, 3.8) is 0 Å². The van der Waals surface area contributed by atoms with Crippen molar-refractivity contribution in [1.82, 2.24) is 4.90 Å². The van der Waals surface area contributed by atoms with Crippen LogP contribution in [0.3, 0.4) is 0 Å². The third-order valence-electron chi connectivity index (χ3n) is 1.58. The van der Waals surface area contributed by atoms with Crippen molar-refractivity contribution in [3.8, 4) is 0 Å². The average Bonchev–Trinajstić information content (AvgIpc) is 1.88. The highest BCUT2D eigenvalue weighted by Gasteiger charge is 2.13. The van der Waals surface area contributed by atoms with Crippen LogP contribution in [-0.4, -0.2) is 34.7 Å². The minimum absolute atomic E-state index is 0.155. The largest absolute Gasteiger partial charge is 0.391 e. The van der Waals surface area contributed by atoms with E-state index in [0.29, 0.717) is 0 Å². The van der Waals surface area contributed by atoms with Crippen LogP contribution in [0.4, 0.5) is 0 Å². The van der Waals surface area contributed by atoms with Crippen molar-refractivity contribution in [1.29, 1.82) is 0 Å². The van der Waals surface area contributed by atoms with Crippen LogP contribution in [-0.2, 0) is 0 Å². The van der Waals surface area contributed by atoms with Crippen LogP contribution in [0, 0.1) is 0 Å². The molecule has 0 amide bonds. The molecule has 0 aliphatic carbocycles. The van der Waals surface area contributed by atoms with E-state index < -0.39 is 0 Å². The smallest absolute Gasteiger partial charge is 0.0715 e. The van der Waals surface area contributed by atoms with Gasteiger partial charge in [-0.05, 0) is 12.8 Å². The third kappa shape index (κ3) is 1.91. The number of β-amino-alcohol motifs (C(OH)–C–C–N with tert-alkyl or cyclic N) is 1. The summed E-state index contributed by atoms with van der Waals surface area (Å²) in [7, 11) is 0. The van der Waals surface area contributed by atoms with Gasteiger partial charge in [0.2, 0.25) is 0 Å². The second kappa shape index (κ2) is 3.13. The summed E-state index contributed by atoms with van der Waals surface area (Å²) in [5.41, 5.74) is 1.63. The second-order valence-corrected chi connectivity index (χ2v) is 2.61. The molecule has 52 valence electrons. The second-order valence-electron chi connectivity index (χ2n) is 2.40. The van der Waals surface area contributed by atoms with E-state index in [4.69, 9.17) is 17.3 Å². The van der Waals surface area contributed by atoms with E-state index in [1.807, 2.05) is 4.90 Å². The summed E-state index contributed by atoms with van der Waals surface area (Å²) in [6, 6.07) is 0. The molecule has 1 N–H and O–H groups in total. The lowest BCUT2D eigenvalue weighted by atomic mass is 10.1. The molecule has 9 heavy (non-hydrogen) atoms. The molecule has 1 heterocycles. The summed E-state index contributed by atoms with van der Waals surface area (Å²) < 4.78 is 0. The lowest BCUT2D eigenvalue weighted by Gasteiger charge is -2.27. The number of thiocarbonyl (C=S) groups is 1. The maximum atomic E-state index is 9.10. The lowest BCUT2D eigenvalue weighted by molar-refractivity contribution is 0.106. The lowest BCUT2D eigenvalue weighted by Crippen LogP contribution is -2.36. The summed E-state index contributed by atoms with van der Waals surface area (Å²) in [4.78, 5) is 1.98. The van der Waals surface area contributed by atoms with E-state index in [1.165, 1.54) is 0 Å². The molecule has 1 fully saturated rings. The molecule has 0 aromatic rings. The van der Waals surface area contributed by atoms with Crippen LogP contribution in [0.25, 0.3) is 0 Å². The zero-order valence-electron chi connectivity index (χ0n) is 5.29. The third-order valence-corrected chi connectivity index (χ3v) is 1.88. The van der Waals surface area contributed by atoms with Crippen LogP contribution >= 0.6 is 12.2 Å². The predicted octanol–water partition coefficient (Wildman–Crippen LogP) is 0.400. The molecule has 1 aliphatic rings. The zero-order valence-corrected chi connectivity index (χ0v) is 6.10. The van der Waals surface area contributed by atoms with Gasteiger partial charge < -0.3 is 10.0 Å².